The number of carbonyl (C=O) groups is 1. The van der Waals surface area contributed by atoms with Crippen LogP contribution in [0.5, 0.6) is 0 Å². The average Bonchev–Trinajstić information content (AvgIpc) is 2.59. The summed E-state index contributed by atoms with van der Waals surface area (Å²) in [7, 11) is 0. The summed E-state index contributed by atoms with van der Waals surface area (Å²) in [5, 5.41) is 9.65. The van der Waals surface area contributed by atoms with Gasteiger partial charge < -0.3 is 5.11 Å². The number of nitrogens with zero attached hydrogens (tertiary/aromatic N) is 1. The lowest BCUT2D eigenvalue weighted by Gasteiger charge is -2.40. The molecule has 1 heterocycles. The van der Waals surface area contributed by atoms with Gasteiger partial charge in [-0.05, 0) is 43.5 Å². The predicted molar refractivity (Wildman–Crippen MR) is 91.4 cm³/mol. The van der Waals surface area contributed by atoms with Gasteiger partial charge in [0.2, 0.25) is 0 Å². The van der Waals surface area contributed by atoms with E-state index in [0.717, 1.165) is 24.0 Å². The van der Waals surface area contributed by atoms with Crippen LogP contribution >= 0.6 is 0 Å². The van der Waals surface area contributed by atoms with Crippen molar-refractivity contribution in [1.82, 2.24) is 4.90 Å². The lowest BCUT2D eigenvalue weighted by atomic mass is 9.89. The quantitative estimate of drug-likeness (QED) is 0.916. The minimum atomic E-state index is -0.829. The van der Waals surface area contributed by atoms with Crippen molar-refractivity contribution in [2.45, 2.75) is 38.3 Å². The van der Waals surface area contributed by atoms with E-state index in [9.17, 15) is 14.3 Å². The fourth-order valence-corrected chi connectivity index (χ4v) is 3.64. The molecule has 1 N–H and O–H groups in total. The molecule has 0 amide bonds. The van der Waals surface area contributed by atoms with Gasteiger partial charge >= 0.3 is 5.97 Å². The standard InChI is InChI=1S/C20H22FNO2/c1-14-8-2-3-9-15(14)19(16-10-4-5-11-17(16)21)22-13-7-6-12-18(22)20(23)24/h2-5,8-11,18-19H,6-7,12-13H2,1H3,(H,23,24). The second-order valence-electron chi connectivity index (χ2n) is 6.37. The number of piperidine rings is 1. The molecule has 24 heavy (non-hydrogen) atoms. The van der Waals surface area contributed by atoms with Crippen LogP contribution in [0.25, 0.3) is 0 Å². The molecule has 0 spiro atoms. The SMILES string of the molecule is Cc1ccccc1C(c1ccccc1F)N1CCCCC1C(=O)O. The lowest BCUT2D eigenvalue weighted by Crippen LogP contribution is -2.47. The first-order chi connectivity index (χ1) is 11.6. The van der Waals surface area contributed by atoms with Crippen LogP contribution in [0.2, 0.25) is 0 Å². The lowest BCUT2D eigenvalue weighted by molar-refractivity contribution is -0.145. The van der Waals surface area contributed by atoms with Gasteiger partial charge in [-0.25, -0.2) is 4.39 Å². The molecule has 0 aliphatic carbocycles. The molecule has 4 heteroatoms. The molecule has 126 valence electrons. The highest BCUT2D eigenvalue weighted by Gasteiger charge is 2.36. The molecule has 3 nitrogen and oxygen atoms in total. The molecule has 1 aliphatic heterocycles. The summed E-state index contributed by atoms with van der Waals surface area (Å²) in [6.07, 6.45) is 2.43. The van der Waals surface area contributed by atoms with Crippen molar-refractivity contribution in [3.63, 3.8) is 0 Å². The van der Waals surface area contributed by atoms with Gasteiger partial charge in [-0.2, -0.15) is 0 Å². The summed E-state index contributed by atoms with van der Waals surface area (Å²) < 4.78 is 14.6. The van der Waals surface area contributed by atoms with Crippen LogP contribution in [0.15, 0.2) is 48.5 Å². The number of aliphatic carboxylic acids is 1. The molecule has 1 aliphatic rings. The molecule has 3 rings (SSSR count). The predicted octanol–water partition coefficient (Wildman–Crippen LogP) is 4.16. The zero-order valence-electron chi connectivity index (χ0n) is 13.8. The number of hydrogen-bond acceptors (Lipinski definition) is 2. The zero-order valence-corrected chi connectivity index (χ0v) is 13.8. The van der Waals surface area contributed by atoms with E-state index in [2.05, 4.69) is 0 Å². The van der Waals surface area contributed by atoms with E-state index >= 15 is 0 Å². The number of aryl methyl sites for hydroxylation is 1. The maximum atomic E-state index is 14.6. The van der Waals surface area contributed by atoms with Gasteiger partial charge in [0, 0.05) is 5.56 Å². The van der Waals surface area contributed by atoms with Crippen LogP contribution in [0, 0.1) is 12.7 Å². The highest BCUT2D eigenvalue weighted by molar-refractivity contribution is 5.73. The van der Waals surface area contributed by atoms with Crippen molar-refractivity contribution in [3.05, 3.63) is 71.0 Å². The van der Waals surface area contributed by atoms with E-state index in [1.165, 1.54) is 6.07 Å². The Hall–Kier alpha value is -2.20. The Labute approximate surface area is 141 Å². The summed E-state index contributed by atoms with van der Waals surface area (Å²) in [6.45, 7) is 2.65. The molecular formula is C20H22FNO2. The number of hydrogen-bond donors (Lipinski definition) is 1. The fraction of sp³-hybridized carbons (Fsp3) is 0.350. The smallest absolute Gasteiger partial charge is 0.320 e. The van der Waals surface area contributed by atoms with Crippen molar-refractivity contribution >= 4 is 5.97 Å². The molecule has 0 aromatic heterocycles. The summed E-state index contributed by atoms with van der Waals surface area (Å²) >= 11 is 0. The van der Waals surface area contributed by atoms with Gasteiger partial charge in [0.25, 0.3) is 0 Å². The third kappa shape index (κ3) is 3.20. The van der Waals surface area contributed by atoms with Gasteiger partial charge in [-0.1, -0.05) is 48.9 Å². The number of carboxylic acid groups (broad SMARTS) is 1. The molecule has 2 unspecified atom stereocenters. The normalized spacial score (nSPS) is 19.8. The molecule has 1 fully saturated rings. The zero-order chi connectivity index (χ0) is 17.1. The molecule has 2 atom stereocenters. The molecule has 1 saturated heterocycles. The van der Waals surface area contributed by atoms with Crippen LogP contribution in [0.4, 0.5) is 4.39 Å². The maximum Gasteiger partial charge on any atom is 0.320 e. The third-order valence-electron chi connectivity index (χ3n) is 4.84. The first-order valence-corrected chi connectivity index (χ1v) is 8.38. The second-order valence-corrected chi connectivity index (χ2v) is 6.37. The first kappa shape index (κ1) is 16.7. The average molecular weight is 327 g/mol. The molecule has 0 saturated carbocycles. The number of carboxylic acids is 1. The van der Waals surface area contributed by atoms with Crippen LogP contribution < -0.4 is 0 Å². The maximum absolute atomic E-state index is 14.6. The van der Waals surface area contributed by atoms with Gasteiger partial charge in [-0.3, -0.25) is 9.69 Å². The minimum Gasteiger partial charge on any atom is -0.480 e. The van der Waals surface area contributed by atoms with Gasteiger partial charge in [0.1, 0.15) is 11.9 Å². The van der Waals surface area contributed by atoms with E-state index in [4.69, 9.17) is 0 Å². The van der Waals surface area contributed by atoms with Crippen molar-refractivity contribution in [2.24, 2.45) is 0 Å². The van der Waals surface area contributed by atoms with E-state index < -0.39 is 12.0 Å². The fourth-order valence-electron chi connectivity index (χ4n) is 3.64. The largest absolute Gasteiger partial charge is 0.480 e. The molecule has 2 aromatic carbocycles. The number of benzene rings is 2. The molecule has 0 radical (unpaired) electrons. The minimum absolute atomic E-state index is 0.291. The highest BCUT2D eigenvalue weighted by Crippen LogP contribution is 2.36. The highest BCUT2D eigenvalue weighted by atomic mass is 19.1. The van der Waals surface area contributed by atoms with Crippen molar-refractivity contribution in [3.8, 4) is 0 Å². The van der Waals surface area contributed by atoms with Crippen LogP contribution in [-0.4, -0.2) is 28.6 Å². The van der Waals surface area contributed by atoms with E-state index in [1.54, 1.807) is 12.1 Å². The van der Waals surface area contributed by atoms with E-state index in [1.807, 2.05) is 42.2 Å². The van der Waals surface area contributed by atoms with E-state index in [0.29, 0.717) is 18.5 Å². The van der Waals surface area contributed by atoms with Crippen molar-refractivity contribution in [2.75, 3.05) is 6.54 Å². The summed E-state index contributed by atoms with van der Waals surface area (Å²) in [5.41, 5.74) is 2.55. The Morgan fingerprint density at radius 1 is 1.12 bits per heavy atom. The molecule has 0 bridgehead atoms. The number of rotatable bonds is 4. The van der Waals surface area contributed by atoms with Gasteiger partial charge in [0.15, 0.2) is 0 Å². The molecule has 2 aromatic rings. The topological polar surface area (TPSA) is 40.5 Å². The first-order valence-electron chi connectivity index (χ1n) is 8.38. The van der Waals surface area contributed by atoms with Crippen molar-refractivity contribution in [1.29, 1.82) is 0 Å². The van der Waals surface area contributed by atoms with E-state index in [-0.39, 0.29) is 11.9 Å². The Morgan fingerprint density at radius 3 is 2.46 bits per heavy atom. The summed E-state index contributed by atoms with van der Waals surface area (Å²) in [5.74, 6) is -1.12. The van der Waals surface area contributed by atoms with Gasteiger partial charge in [-0.15, -0.1) is 0 Å². The number of likely N-dealkylation sites (tertiary alicyclic amines) is 1. The second kappa shape index (κ2) is 7.14. The van der Waals surface area contributed by atoms with Crippen LogP contribution in [-0.2, 0) is 4.79 Å². The monoisotopic (exact) mass is 327 g/mol. The van der Waals surface area contributed by atoms with Crippen molar-refractivity contribution < 1.29 is 14.3 Å². The third-order valence-corrected chi connectivity index (χ3v) is 4.84. The Bertz CT molecular complexity index is 686. The Morgan fingerprint density at radius 2 is 1.79 bits per heavy atom. The summed E-state index contributed by atoms with van der Waals surface area (Å²) in [6, 6.07) is 13.6. The molecular weight excluding hydrogens is 305 g/mol. The summed E-state index contributed by atoms with van der Waals surface area (Å²) in [4.78, 5) is 13.7. The van der Waals surface area contributed by atoms with Gasteiger partial charge in [0.05, 0.1) is 6.04 Å². The Balaban J connectivity index is 2.13. The van der Waals surface area contributed by atoms with Crippen LogP contribution in [0.3, 0.4) is 0 Å². The number of halogens is 1. The Kier molecular flexibility index (Phi) is 4.95. The van der Waals surface area contributed by atoms with Crippen LogP contribution in [0.1, 0.15) is 42.0 Å².